The van der Waals surface area contributed by atoms with Crippen LogP contribution in [0.2, 0.25) is 0 Å². The molecule has 28 heavy (non-hydrogen) atoms. The molecule has 3 fully saturated rings. The summed E-state index contributed by atoms with van der Waals surface area (Å²) in [5, 5.41) is 7.95. The van der Waals surface area contributed by atoms with Crippen molar-refractivity contribution >= 4 is 5.96 Å². The number of piperazine rings is 1. The quantitative estimate of drug-likeness (QED) is 0.611. The Bertz CT molecular complexity index is 674. The second-order valence-electron chi connectivity index (χ2n) is 9.12. The molecule has 3 aliphatic rings. The zero-order valence-corrected chi connectivity index (χ0v) is 18.0. The highest BCUT2D eigenvalue weighted by molar-refractivity contribution is 5.80. The van der Waals surface area contributed by atoms with Crippen molar-refractivity contribution < 1.29 is 0 Å². The van der Waals surface area contributed by atoms with Gasteiger partial charge in [0.25, 0.3) is 0 Å². The molecule has 4 rings (SSSR count). The van der Waals surface area contributed by atoms with E-state index in [1.807, 2.05) is 25.0 Å². The van der Waals surface area contributed by atoms with E-state index in [0.717, 1.165) is 43.5 Å². The van der Waals surface area contributed by atoms with Gasteiger partial charge in [0.1, 0.15) is 0 Å². The molecule has 2 aliphatic carbocycles. The van der Waals surface area contributed by atoms with Crippen molar-refractivity contribution in [3.63, 3.8) is 0 Å². The fourth-order valence-corrected chi connectivity index (χ4v) is 5.65. The number of rotatable bonds is 5. The summed E-state index contributed by atoms with van der Waals surface area (Å²) >= 11 is 0. The SMILES string of the molecule is CN=C(NCC(c1cnn(C)c1)N(C)C)N1CCN(C2CC3CCC2C3)CC1. The molecule has 1 aromatic heterocycles. The zero-order valence-electron chi connectivity index (χ0n) is 18.0. The molecule has 2 saturated carbocycles. The minimum atomic E-state index is 0.278. The van der Waals surface area contributed by atoms with Crippen LogP contribution >= 0.6 is 0 Å². The maximum atomic E-state index is 4.58. The molecule has 1 aliphatic heterocycles. The van der Waals surface area contributed by atoms with Gasteiger partial charge in [-0.3, -0.25) is 14.6 Å². The van der Waals surface area contributed by atoms with Gasteiger partial charge >= 0.3 is 0 Å². The Balaban J connectivity index is 1.30. The van der Waals surface area contributed by atoms with Crippen LogP contribution in [0.4, 0.5) is 0 Å². The molecule has 4 unspecified atom stereocenters. The Morgan fingerprint density at radius 2 is 2.04 bits per heavy atom. The highest BCUT2D eigenvalue weighted by Gasteiger charge is 2.42. The molecule has 0 radical (unpaired) electrons. The van der Waals surface area contributed by atoms with Gasteiger partial charge in [-0.05, 0) is 45.2 Å². The van der Waals surface area contributed by atoms with Gasteiger partial charge in [-0.15, -0.1) is 0 Å². The lowest BCUT2D eigenvalue weighted by Crippen LogP contribution is -2.56. The first-order valence-corrected chi connectivity index (χ1v) is 10.9. The molecule has 0 aromatic carbocycles. The number of hydrogen-bond acceptors (Lipinski definition) is 4. The zero-order chi connectivity index (χ0) is 19.7. The Morgan fingerprint density at radius 1 is 1.25 bits per heavy atom. The summed E-state index contributed by atoms with van der Waals surface area (Å²) in [5.41, 5.74) is 1.23. The number of hydrogen-bond donors (Lipinski definition) is 1. The van der Waals surface area contributed by atoms with Crippen LogP contribution in [0.3, 0.4) is 0 Å². The number of likely N-dealkylation sites (N-methyl/N-ethyl adjacent to an activating group) is 1. The normalized spacial score (nSPS) is 29.7. The van der Waals surface area contributed by atoms with E-state index < -0.39 is 0 Å². The van der Waals surface area contributed by atoms with Crippen LogP contribution in [-0.2, 0) is 7.05 Å². The van der Waals surface area contributed by atoms with Crippen molar-refractivity contribution in [2.75, 3.05) is 53.9 Å². The average Bonchev–Trinajstić information content (AvgIpc) is 3.42. The summed E-state index contributed by atoms with van der Waals surface area (Å²) in [6.07, 6.45) is 9.97. The Kier molecular flexibility index (Phi) is 5.92. The predicted octanol–water partition coefficient (Wildman–Crippen LogP) is 1.40. The van der Waals surface area contributed by atoms with E-state index in [1.165, 1.54) is 44.3 Å². The molecule has 2 bridgehead atoms. The molecule has 1 N–H and O–H groups in total. The summed E-state index contributed by atoms with van der Waals surface area (Å²) in [7, 11) is 8.12. The molecule has 1 aromatic rings. The third kappa shape index (κ3) is 4.06. The largest absolute Gasteiger partial charge is 0.354 e. The van der Waals surface area contributed by atoms with Crippen molar-refractivity contribution in [2.45, 2.75) is 37.8 Å². The van der Waals surface area contributed by atoms with Crippen LogP contribution < -0.4 is 5.32 Å². The van der Waals surface area contributed by atoms with Gasteiger partial charge in [-0.25, -0.2) is 0 Å². The topological polar surface area (TPSA) is 51.9 Å². The monoisotopic (exact) mass is 387 g/mol. The molecule has 156 valence electrons. The summed E-state index contributed by atoms with van der Waals surface area (Å²) in [5.74, 6) is 3.04. The van der Waals surface area contributed by atoms with Crippen LogP contribution in [0.1, 0.15) is 37.3 Å². The minimum Gasteiger partial charge on any atom is -0.354 e. The van der Waals surface area contributed by atoms with Gasteiger partial charge in [0, 0.05) is 64.6 Å². The van der Waals surface area contributed by atoms with Crippen LogP contribution in [0.15, 0.2) is 17.4 Å². The first kappa shape index (κ1) is 19.7. The number of aliphatic imine (C=N–C) groups is 1. The lowest BCUT2D eigenvalue weighted by molar-refractivity contribution is 0.0956. The Hall–Kier alpha value is -1.60. The summed E-state index contributed by atoms with van der Waals surface area (Å²) in [6.45, 7) is 5.33. The third-order valence-electron chi connectivity index (χ3n) is 7.18. The van der Waals surface area contributed by atoms with Crippen molar-refractivity contribution in [3.05, 3.63) is 18.0 Å². The lowest BCUT2D eigenvalue weighted by atomic mass is 9.93. The number of nitrogens with zero attached hydrogens (tertiary/aromatic N) is 6. The summed E-state index contributed by atoms with van der Waals surface area (Å²) < 4.78 is 1.87. The van der Waals surface area contributed by atoms with Gasteiger partial charge in [0.2, 0.25) is 0 Å². The summed E-state index contributed by atoms with van der Waals surface area (Å²) in [4.78, 5) is 12.0. The second kappa shape index (κ2) is 8.41. The van der Waals surface area contributed by atoms with Crippen molar-refractivity contribution in [2.24, 2.45) is 23.9 Å². The lowest BCUT2D eigenvalue weighted by Gasteiger charge is -2.42. The van der Waals surface area contributed by atoms with Crippen LogP contribution in [-0.4, -0.2) is 90.3 Å². The van der Waals surface area contributed by atoms with Crippen molar-refractivity contribution in [1.29, 1.82) is 0 Å². The Morgan fingerprint density at radius 3 is 2.57 bits per heavy atom. The molecule has 1 saturated heterocycles. The van der Waals surface area contributed by atoms with Gasteiger partial charge in [0.15, 0.2) is 5.96 Å². The van der Waals surface area contributed by atoms with Crippen molar-refractivity contribution in [3.8, 4) is 0 Å². The minimum absolute atomic E-state index is 0.278. The number of fused-ring (bicyclic) bond motifs is 2. The van der Waals surface area contributed by atoms with Gasteiger partial charge in [-0.2, -0.15) is 5.10 Å². The molecule has 0 spiro atoms. The fraction of sp³-hybridized carbons (Fsp3) is 0.810. The van der Waals surface area contributed by atoms with E-state index >= 15 is 0 Å². The third-order valence-corrected chi connectivity index (χ3v) is 7.18. The molecular weight excluding hydrogens is 350 g/mol. The number of aromatic nitrogens is 2. The maximum Gasteiger partial charge on any atom is 0.193 e. The smallest absolute Gasteiger partial charge is 0.193 e. The van der Waals surface area contributed by atoms with Crippen molar-refractivity contribution in [1.82, 2.24) is 29.8 Å². The van der Waals surface area contributed by atoms with E-state index in [2.05, 4.69) is 50.4 Å². The molecular formula is C21H37N7. The first-order valence-electron chi connectivity index (χ1n) is 10.9. The van der Waals surface area contributed by atoms with E-state index in [4.69, 9.17) is 0 Å². The fourth-order valence-electron chi connectivity index (χ4n) is 5.65. The number of guanidine groups is 1. The second-order valence-corrected chi connectivity index (χ2v) is 9.12. The molecule has 0 amide bonds. The van der Waals surface area contributed by atoms with Crippen LogP contribution in [0.5, 0.6) is 0 Å². The van der Waals surface area contributed by atoms with Crippen LogP contribution in [0.25, 0.3) is 0 Å². The first-order chi connectivity index (χ1) is 13.5. The average molecular weight is 388 g/mol. The predicted molar refractivity (Wildman–Crippen MR) is 113 cm³/mol. The van der Waals surface area contributed by atoms with Crippen LogP contribution in [0, 0.1) is 11.8 Å². The van der Waals surface area contributed by atoms with Gasteiger partial charge in [0.05, 0.1) is 12.2 Å². The highest BCUT2D eigenvalue weighted by Crippen LogP contribution is 2.46. The standard InChI is InChI=1S/C21H37N7/c1-22-21(23-14-20(25(2)3)18-13-24-26(4)15-18)28-9-7-27(8-10-28)19-12-16-5-6-17(19)11-16/h13,15-17,19-20H,5-12,14H2,1-4H3,(H,22,23). The van der Waals surface area contributed by atoms with Gasteiger partial charge < -0.3 is 15.1 Å². The molecule has 7 heteroatoms. The van der Waals surface area contributed by atoms with Gasteiger partial charge in [-0.1, -0.05) is 6.42 Å². The highest BCUT2D eigenvalue weighted by atomic mass is 15.4. The maximum absolute atomic E-state index is 4.58. The Labute approximate surface area is 169 Å². The van der Waals surface area contributed by atoms with E-state index in [9.17, 15) is 0 Å². The number of nitrogens with one attached hydrogen (secondary N) is 1. The molecule has 7 nitrogen and oxygen atoms in total. The molecule has 4 atom stereocenters. The summed E-state index contributed by atoms with van der Waals surface area (Å²) in [6, 6.07) is 1.14. The molecule has 2 heterocycles. The number of aryl methyl sites for hydroxylation is 1. The van der Waals surface area contributed by atoms with E-state index in [0.29, 0.717) is 0 Å². The van der Waals surface area contributed by atoms with E-state index in [1.54, 1.807) is 0 Å². The van der Waals surface area contributed by atoms with E-state index in [-0.39, 0.29) is 6.04 Å².